The molecule has 0 spiro atoms. The van der Waals surface area contributed by atoms with Gasteiger partial charge >= 0.3 is 11.9 Å². The van der Waals surface area contributed by atoms with E-state index in [-0.39, 0.29) is 0 Å². The Labute approximate surface area is 261 Å². The van der Waals surface area contributed by atoms with Crippen LogP contribution in [0.4, 0.5) is 11.4 Å². The molecular weight excluding hydrogens is 556 g/mol. The van der Waals surface area contributed by atoms with E-state index >= 15 is 0 Å². The standard InChI is InChI=1S/C36H46N2O6/c1-4-6-8-10-11-13-26-41-28(3)43-35(39)29-14-16-30(17-15-29)36(40)44-34-24-20-32(21-25-34)38-37-31-18-22-33(23-19-31)42-27-12-9-7-5-2/h14-25,28H,4-13,26-27H2,1-3H3. The molecule has 3 rings (SSSR count). The lowest BCUT2D eigenvalue weighted by atomic mass is 10.1. The van der Waals surface area contributed by atoms with E-state index in [1.807, 2.05) is 24.3 Å². The first-order valence-corrected chi connectivity index (χ1v) is 15.9. The van der Waals surface area contributed by atoms with Gasteiger partial charge in [0.05, 0.1) is 35.7 Å². The Morgan fingerprint density at radius 3 is 1.66 bits per heavy atom. The number of hydrogen-bond acceptors (Lipinski definition) is 8. The molecule has 3 aromatic carbocycles. The van der Waals surface area contributed by atoms with E-state index < -0.39 is 18.2 Å². The van der Waals surface area contributed by atoms with Crippen molar-refractivity contribution in [2.75, 3.05) is 13.2 Å². The highest BCUT2D eigenvalue weighted by molar-refractivity contribution is 5.94. The van der Waals surface area contributed by atoms with E-state index in [4.69, 9.17) is 18.9 Å². The maximum absolute atomic E-state index is 12.6. The van der Waals surface area contributed by atoms with Crippen LogP contribution in [-0.2, 0) is 9.47 Å². The van der Waals surface area contributed by atoms with Crippen LogP contribution in [0.3, 0.4) is 0 Å². The number of rotatable bonds is 20. The zero-order valence-electron chi connectivity index (χ0n) is 26.3. The third kappa shape index (κ3) is 13.1. The lowest BCUT2D eigenvalue weighted by Crippen LogP contribution is -2.19. The minimum absolute atomic E-state index is 0.311. The summed E-state index contributed by atoms with van der Waals surface area (Å²) in [6, 6.07) is 20.4. The largest absolute Gasteiger partial charge is 0.494 e. The number of ether oxygens (including phenoxy) is 4. The van der Waals surface area contributed by atoms with Gasteiger partial charge in [-0.25, -0.2) is 9.59 Å². The van der Waals surface area contributed by atoms with Gasteiger partial charge in [-0.15, -0.1) is 0 Å². The normalized spacial score (nSPS) is 11.8. The van der Waals surface area contributed by atoms with Crippen molar-refractivity contribution in [3.05, 3.63) is 83.9 Å². The van der Waals surface area contributed by atoms with Gasteiger partial charge in [-0.3, -0.25) is 0 Å². The van der Waals surface area contributed by atoms with Crippen molar-refractivity contribution in [2.24, 2.45) is 10.2 Å². The Kier molecular flexibility index (Phi) is 15.7. The minimum Gasteiger partial charge on any atom is -0.494 e. The van der Waals surface area contributed by atoms with E-state index in [9.17, 15) is 9.59 Å². The van der Waals surface area contributed by atoms with Crippen molar-refractivity contribution >= 4 is 23.3 Å². The van der Waals surface area contributed by atoms with Crippen molar-refractivity contribution in [1.29, 1.82) is 0 Å². The number of carbonyl (C=O) groups excluding carboxylic acids is 2. The Balaban J connectivity index is 1.40. The van der Waals surface area contributed by atoms with Gasteiger partial charge in [0.1, 0.15) is 11.5 Å². The summed E-state index contributed by atoms with van der Waals surface area (Å²) in [5.41, 5.74) is 1.97. The maximum atomic E-state index is 12.6. The average molecular weight is 603 g/mol. The number of esters is 2. The van der Waals surface area contributed by atoms with Crippen LogP contribution in [-0.4, -0.2) is 31.4 Å². The predicted molar refractivity (Wildman–Crippen MR) is 172 cm³/mol. The summed E-state index contributed by atoms with van der Waals surface area (Å²) in [5.74, 6) is 0.142. The van der Waals surface area contributed by atoms with Crippen molar-refractivity contribution in [3.63, 3.8) is 0 Å². The molecule has 0 aliphatic heterocycles. The highest BCUT2D eigenvalue weighted by Crippen LogP contribution is 2.24. The molecule has 0 fully saturated rings. The van der Waals surface area contributed by atoms with Gasteiger partial charge in [-0.2, -0.15) is 10.2 Å². The summed E-state index contributed by atoms with van der Waals surface area (Å²) in [4.78, 5) is 25.1. The van der Waals surface area contributed by atoms with Crippen molar-refractivity contribution in [2.45, 2.75) is 91.3 Å². The van der Waals surface area contributed by atoms with Crippen LogP contribution >= 0.6 is 0 Å². The van der Waals surface area contributed by atoms with Crippen LogP contribution in [0.5, 0.6) is 11.5 Å². The molecule has 8 nitrogen and oxygen atoms in total. The topological polar surface area (TPSA) is 95.8 Å². The Bertz CT molecular complexity index is 1270. The number of hydrogen-bond donors (Lipinski definition) is 0. The Hall–Kier alpha value is -4.04. The smallest absolute Gasteiger partial charge is 0.343 e. The van der Waals surface area contributed by atoms with Crippen LogP contribution < -0.4 is 9.47 Å². The number of nitrogens with zero attached hydrogens (tertiary/aromatic N) is 2. The van der Waals surface area contributed by atoms with Crippen LogP contribution in [0.25, 0.3) is 0 Å². The lowest BCUT2D eigenvalue weighted by Gasteiger charge is -2.14. The van der Waals surface area contributed by atoms with Crippen molar-refractivity contribution in [3.8, 4) is 11.5 Å². The van der Waals surface area contributed by atoms with E-state index in [2.05, 4.69) is 24.1 Å². The quantitative estimate of drug-likeness (QED) is 0.0420. The van der Waals surface area contributed by atoms with Gasteiger partial charge in [0.25, 0.3) is 0 Å². The van der Waals surface area contributed by atoms with E-state index in [1.54, 1.807) is 31.2 Å². The van der Waals surface area contributed by atoms with Crippen LogP contribution in [0.1, 0.15) is 106 Å². The summed E-state index contributed by atoms with van der Waals surface area (Å²) in [6.07, 6.45) is 11.0. The molecule has 44 heavy (non-hydrogen) atoms. The van der Waals surface area contributed by atoms with E-state index in [0.717, 1.165) is 25.0 Å². The maximum Gasteiger partial charge on any atom is 0.343 e. The molecule has 0 saturated carbocycles. The van der Waals surface area contributed by atoms with E-state index in [1.165, 1.54) is 69.2 Å². The molecule has 0 aromatic heterocycles. The van der Waals surface area contributed by atoms with E-state index in [0.29, 0.717) is 41.5 Å². The second kappa shape index (κ2) is 20.0. The molecular formula is C36H46N2O6. The molecule has 8 heteroatoms. The second-order valence-electron chi connectivity index (χ2n) is 10.7. The predicted octanol–water partition coefficient (Wildman–Crippen LogP) is 10.2. The molecule has 236 valence electrons. The summed E-state index contributed by atoms with van der Waals surface area (Å²) < 4.78 is 22.2. The summed E-state index contributed by atoms with van der Waals surface area (Å²) in [7, 11) is 0. The summed E-state index contributed by atoms with van der Waals surface area (Å²) >= 11 is 0. The molecule has 0 saturated heterocycles. The highest BCUT2D eigenvalue weighted by Gasteiger charge is 2.14. The fourth-order valence-corrected chi connectivity index (χ4v) is 4.32. The minimum atomic E-state index is -0.643. The number of azo groups is 1. The molecule has 0 heterocycles. The molecule has 1 unspecified atom stereocenters. The van der Waals surface area contributed by atoms with Gasteiger partial charge in [0.15, 0.2) is 6.29 Å². The fourth-order valence-electron chi connectivity index (χ4n) is 4.32. The van der Waals surface area contributed by atoms with Crippen molar-refractivity contribution < 1.29 is 28.5 Å². The highest BCUT2D eigenvalue weighted by atomic mass is 16.7. The second-order valence-corrected chi connectivity index (χ2v) is 10.7. The zero-order chi connectivity index (χ0) is 31.4. The molecule has 0 aliphatic carbocycles. The Morgan fingerprint density at radius 1 is 0.591 bits per heavy atom. The zero-order valence-corrected chi connectivity index (χ0v) is 26.3. The van der Waals surface area contributed by atoms with Gasteiger partial charge in [-0.05, 0) is 92.6 Å². The summed E-state index contributed by atoms with van der Waals surface area (Å²) in [6.45, 7) is 7.36. The van der Waals surface area contributed by atoms with Gasteiger partial charge < -0.3 is 18.9 Å². The molecule has 1 atom stereocenters. The van der Waals surface area contributed by atoms with Gasteiger partial charge in [0, 0.05) is 0 Å². The first-order valence-electron chi connectivity index (χ1n) is 15.9. The molecule has 0 radical (unpaired) electrons. The first kappa shape index (κ1) is 34.5. The summed E-state index contributed by atoms with van der Waals surface area (Å²) in [5, 5.41) is 8.52. The van der Waals surface area contributed by atoms with Gasteiger partial charge in [-0.1, -0.05) is 65.2 Å². The van der Waals surface area contributed by atoms with Crippen molar-refractivity contribution in [1.82, 2.24) is 0 Å². The number of carbonyl (C=O) groups is 2. The average Bonchev–Trinajstić information content (AvgIpc) is 3.04. The lowest BCUT2D eigenvalue weighted by molar-refractivity contribution is -0.0987. The monoisotopic (exact) mass is 602 g/mol. The van der Waals surface area contributed by atoms with Crippen LogP contribution in [0.2, 0.25) is 0 Å². The first-order chi connectivity index (χ1) is 21.5. The SMILES string of the molecule is CCCCCCCCOC(C)OC(=O)c1ccc(C(=O)Oc2ccc(N=Nc3ccc(OCCCCCC)cc3)cc2)cc1. The van der Waals surface area contributed by atoms with Gasteiger partial charge in [0.2, 0.25) is 0 Å². The molecule has 0 bridgehead atoms. The Morgan fingerprint density at radius 2 is 1.07 bits per heavy atom. The number of unbranched alkanes of at least 4 members (excludes halogenated alkanes) is 8. The molecule has 3 aromatic rings. The molecule has 0 amide bonds. The van der Waals surface area contributed by atoms with Crippen LogP contribution in [0, 0.1) is 0 Å². The fraction of sp³-hybridized carbons (Fsp3) is 0.444. The number of benzene rings is 3. The molecule has 0 aliphatic rings. The van der Waals surface area contributed by atoms with Crippen LogP contribution in [0.15, 0.2) is 83.0 Å². The third-order valence-electron chi connectivity index (χ3n) is 6.91. The molecule has 0 N–H and O–H groups in total. The third-order valence-corrected chi connectivity index (χ3v) is 6.91.